The lowest BCUT2D eigenvalue weighted by Crippen LogP contribution is -2.52. The molecule has 0 aromatic carbocycles. The first-order valence-corrected chi connectivity index (χ1v) is 4.39. The fourth-order valence-electron chi connectivity index (χ4n) is 2.71. The average Bonchev–Trinajstić information content (AvgIpc) is 2.37. The average molecular weight is 140 g/mol. The number of rotatable bonds is 0. The van der Waals surface area contributed by atoms with Crippen molar-refractivity contribution in [2.75, 3.05) is 6.61 Å². The van der Waals surface area contributed by atoms with Gasteiger partial charge in [-0.15, -0.1) is 0 Å². The second-order valence-corrected chi connectivity index (χ2v) is 3.94. The molecule has 2 fully saturated rings. The molecule has 0 N–H and O–H groups in total. The Balaban J connectivity index is 2.12. The molecule has 0 radical (unpaired) electrons. The Morgan fingerprint density at radius 1 is 1.30 bits per heavy atom. The maximum atomic E-state index is 5.80. The minimum atomic E-state index is 0.333. The standard InChI is InChI=1S/C9H16O/c1-7-6-8(2)9(7)4-3-5-10-9/h7-8H,3-6H2,1-2H3. The highest BCUT2D eigenvalue weighted by Crippen LogP contribution is 2.52. The predicted octanol–water partition coefficient (Wildman–Crippen LogP) is 2.21. The summed E-state index contributed by atoms with van der Waals surface area (Å²) in [5, 5.41) is 0. The van der Waals surface area contributed by atoms with Crippen molar-refractivity contribution in [3.63, 3.8) is 0 Å². The zero-order chi connectivity index (χ0) is 7.19. The van der Waals surface area contributed by atoms with Gasteiger partial charge in [-0.2, -0.15) is 0 Å². The van der Waals surface area contributed by atoms with Gasteiger partial charge in [0.15, 0.2) is 0 Å². The number of hydrogen-bond acceptors (Lipinski definition) is 1. The Kier molecular flexibility index (Phi) is 1.31. The molecule has 2 rings (SSSR count). The molecule has 0 amide bonds. The predicted molar refractivity (Wildman–Crippen MR) is 40.9 cm³/mol. The van der Waals surface area contributed by atoms with Crippen molar-refractivity contribution in [2.24, 2.45) is 11.8 Å². The fourth-order valence-corrected chi connectivity index (χ4v) is 2.71. The molecule has 0 aromatic heterocycles. The summed E-state index contributed by atoms with van der Waals surface area (Å²) in [6.07, 6.45) is 3.98. The van der Waals surface area contributed by atoms with E-state index >= 15 is 0 Å². The summed E-state index contributed by atoms with van der Waals surface area (Å²) in [5.74, 6) is 1.65. The van der Waals surface area contributed by atoms with Crippen molar-refractivity contribution in [3.05, 3.63) is 0 Å². The van der Waals surface area contributed by atoms with E-state index in [2.05, 4.69) is 13.8 Å². The van der Waals surface area contributed by atoms with Gasteiger partial charge in [-0.3, -0.25) is 0 Å². The molecule has 1 aliphatic heterocycles. The monoisotopic (exact) mass is 140 g/mol. The van der Waals surface area contributed by atoms with Crippen molar-refractivity contribution < 1.29 is 4.74 Å². The molecule has 2 unspecified atom stereocenters. The van der Waals surface area contributed by atoms with Crippen LogP contribution < -0.4 is 0 Å². The third kappa shape index (κ3) is 0.619. The normalized spacial score (nSPS) is 53.4. The summed E-state index contributed by atoms with van der Waals surface area (Å²) in [6.45, 7) is 5.66. The first-order valence-electron chi connectivity index (χ1n) is 4.39. The van der Waals surface area contributed by atoms with Crippen LogP contribution in [0, 0.1) is 11.8 Å². The highest BCUT2D eigenvalue weighted by molar-refractivity contribution is 5.02. The van der Waals surface area contributed by atoms with Gasteiger partial charge in [0, 0.05) is 6.61 Å². The van der Waals surface area contributed by atoms with Gasteiger partial charge in [-0.25, -0.2) is 0 Å². The molecule has 0 bridgehead atoms. The van der Waals surface area contributed by atoms with Crippen molar-refractivity contribution in [3.8, 4) is 0 Å². The van der Waals surface area contributed by atoms with Crippen LogP contribution in [0.4, 0.5) is 0 Å². The SMILES string of the molecule is CC1CC(C)C12CCCO2. The highest BCUT2D eigenvalue weighted by atomic mass is 16.5. The molecule has 1 heterocycles. The number of hydrogen-bond donors (Lipinski definition) is 0. The maximum absolute atomic E-state index is 5.80. The second kappa shape index (κ2) is 1.97. The third-order valence-electron chi connectivity index (χ3n) is 3.46. The Morgan fingerprint density at radius 3 is 2.30 bits per heavy atom. The molecule has 10 heavy (non-hydrogen) atoms. The van der Waals surface area contributed by atoms with E-state index < -0.39 is 0 Å². The third-order valence-corrected chi connectivity index (χ3v) is 3.46. The molecule has 1 saturated carbocycles. The van der Waals surface area contributed by atoms with Crippen molar-refractivity contribution in [2.45, 2.75) is 38.7 Å². The van der Waals surface area contributed by atoms with Crippen LogP contribution in [0.25, 0.3) is 0 Å². The Hall–Kier alpha value is -0.0400. The van der Waals surface area contributed by atoms with Crippen LogP contribution >= 0.6 is 0 Å². The van der Waals surface area contributed by atoms with Gasteiger partial charge in [0.1, 0.15) is 0 Å². The molecule has 2 atom stereocenters. The Morgan fingerprint density at radius 2 is 2.00 bits per heavy atom. The molecule has 1 saturated heterocycles. The molecule has 58 valence electrons. The van der Waals surface area contributed by atoms with E-state index in [1.165, 1.54) is 19.3 Å². The van der Waals surface area contributed by atoms with Crippen molar-refractivity contribution >= 4 is 0 Å². The topological polar surface area (TPSA) is 9.23 Å². The molecule has 1 heteroatoms. The van der Waals surface area contributed by atoms with E-state index in [-0.39, 0.29) is 0 Å². The zero-order valence-corrected chi connectivity index (χ0v) is 6.89. The molecule has 2 aliphatic rings. The lowest BCUT2D eigenvalue weighted by Gasteiger charge is -2.50. The van der Waals surface area contributed by atoms with Gasteiger partial charge in [-0.1, -0.05) is 13.8 Å². The summed E-state index contributed by atoms with van der Waals surface area (Å²) < 4.78 is 5.80. The summed E-state index contributed by atoms with van der Waals surface area (Å²) in [5.41, 5.74) is 0.333. The van der Waals surface area contributed by atoms with Crippen molar-refractivity contribution in [1.29, 1.82) is 0 Å². The first-order chi connectivity index (χ1) is 4.76. The first kappa shape index (κ1) is 6.66. The van der Waals surface area contributed by atoms with E-state index in [0.717, 1.165) is 18.4 Å². The molecule has 1 nitrogen and oxygen atoms in total. The Bertz CT molecular complexity index is 126. The number of ether oxygens (including phenoxy) is 1. The smallest absolute Gasteiger partial charge is 0.0734 e. The van der Waals surface area contributed by atoms with E-state index in [4.69, 9.17) is 4.74 Å². The molecule has 0 aromatic rings. The van der Waals surface area contributed by atoms with E-state index in [0.29, 0.717) is 5.60 Å². The van der Waals surface area contributed by atoms with Gasteiger partial charge < -0.3 is 4.74 Å². The van der Waals surface area contributed by atoms with Crippen LogP contribution in [0.5, 0.6) is 0 Å². The Labute approximate surface area is 62.8 Å². The van der Waals surface area contributed by atoms with Crippen LogP contribution in [0.3, 0.4) is 0 Å². The van der Waals surface area contributed by atoms with E-state index in [1.807, 2.05) is 0 Å². The van der Waals surface area contributed by atoms with Gasteiger partial charge in [0.2, 0.25) is 0 Å². The molecule has 1 spiro atoms. The lowest BCUT2D eigenvalue weighted by molar-refractivity contribution is -0.148. The zero-order valence-electron chi connectivity index (χ0n) is 6.89. The van der Waals surface area contributed by atoms with Crippen LogP contribution in [0.15, 0.2) is 0 Å². The van der Waals surface area contributed by atoms with E-state index in [1.54, 1.807) is 0 Å². The van der Waals surface area contributed by atoms with Gasteiger partial charge in [-0.05, 0) is 31.1 Å². The van der Waals surface area contributed by atoms with Crippen LogP contribution in [0.2, 0.25) is 0 Å². The van der Waals surface area contributed by atoms with Crippen LogP contribution in [0.1, 0.15) is 33.1 Å². The second-order valence-electron chi connectivity index (χ2n) is 3.94. The lowest BCUT2D eigenvalue weighted by atomic mass is 9.61. The van der Waals surface area contributed by atoms with Gasteiger partial charge in [0.25, 0.3) is 0 Å². The van der Waals surface area contributed by atoms with Crippen LogP contribution in [-0.2, 0) is 4.74 Å². The summed E-state index contributed by atoms with van der Waals surface area (Å²) >= 11 is 0. The maximum Gasteiger partial charge on any atom is 0.0734 e. The minimum absolute atomic E-state index is 0.333. The summed E-state index contributed by atoms with van der Waals surface area (Å²) in [4.78, 5) is 0. The largest absolute Gasteiger partial charge is 0.374 e. The van der Waals surface area contributed by atoms with Gasteiger partial charge >= 0.3 is 0 Å². The summed E-state index contributed by atoms with van der Waals surface area (Å²) in [6, 6.07) is 0. The van der Waals surface area contributed by atoms with Crippen LogP contribution in [-0.4, -0.2) is 12.2 Å². The van der Waals surface area contributed by atoms with E-state index in [9.17, 15) is 0 Å². The fraction of sp³-hybridized carbons (Fsp3) is 1.00. The molecule has 1 aliphatic carbocycles. The quantitative estimate of drug-likeness (QED) is 0.501. The summed E-state index contributed by atoms with van der Waals surface area (Å²) in [7, 11) is 0. The highest BCUT2D eigenvalue weighted by Gasteiger charge is 2.52. The van der Waals surface area contributed by atoms with Gasteiger partial charge in [0.05, 0.1) is 5.60 Å². The minimum Gasteiger partial charge on any atom is -0.374 e. The van der Waals surface area contributed by atoms with Crippen molar-refractivity contribution in [1.82, 2.24) is 0 Å². The molecular formula is C9H16O. The molecular weight excluding hydrogens is 124 g/mol.